The molecule has 7 nitrogen and oxygen atoms in total. The normalized spacial score (nSPS) is 11.5. The SMILES string of the molecule is COCc1nc2c(C(=O)Nc3ccc(C)cc3C)cc(NC(=O)c3ccccc3C(F)(F)F)cc2[nH]1. The standard InChI is InChI=1S/C26H23F3N4O3/c1-14-8-9-20(15(2)10-14)32-25(35)18-11-16(12-21-23(18)33-22(31-21)13-36-3)30-24(34)17-6-4-5-7-19(17)26(27,28)29/h4-12H,13H2,1-3H3,(H,30,34)(H,31,33)(H,32,35). The van der Waals surface area contributed by atoms with Gasteiger partial charge in [0.15, 0.2) is 0 Å². The number of methoxy groups -OCH3 is 1. The summed E-state index contributed by atoms with van der Waals surface area (Å²) < 4.78 is 45.3. The van der Waals surface area contributed by atoms with Crippen LogP contribution in [0.25, 0.3) is 11.0 Å². The average Bonchev–Trinajstić information content (AvgIpc) is 3.22. The molecule has 4 rings (SSSR count). The quantitative estimate of drug-likeness (QED) is 0.312. The van der Waals surface area contributed by atoms with Crippen LogP contribution in [-0.2, 0) is 17.5 Å². The van der Waals surface area contributed by atoms with Crippen LogP contribution in [0.2, 0.25) is 0 Å². The van der Waals surface area contributed by atoms with Crippen LogP contribution in [0, 0.1) is 13.8 Å². The number of H-pyrrole nitrogens is 1. The highest BCUT2D eigenvalue weighted by Crippen LogP contribution is 2.32. The molecule has 0 aliphatic rings. The fourth-order valence-electron chi connectivity index (χ4n) is 3.89. The van der Waals surface area contributed by atoms with E-state index in [1.165, 1.54) is 31.4 Å². The molecule has 3 aromatic carbocycles. The fraction of sp³-hybridized carbons (Fsp3) is 0.192. The van der Waals surface area contributed by atoms with Crippen molar-refractivity contribution in [2.24, 2.45) is 0 Å². The first-order chi connectivity index (χ1) is 17.1. The summed E-state index contributed by atoms with van der Waals surface area (Å²) in [7, 11) is 1.49. The molecule has 0 bridgehead atoms. The van der Waals surface area contributed by atoms with Gasteiger partial charge in [-0.15, -0.1) is 0 Å². The van der Waals surface area contributed by atoms with Gasteiger partial charge in [-0.25, -0.2) is 4.98 Å². The van der Waals surface area contributed by atoms with E-state index in [-0.39, 0.29) is 17.9 Å². The Labute approximate surface area is 204 Å². The third-order valence-electron chi connectivity index (χ3n) is 5.53. The maximum Gasteiger partial charge on any atom is 0.417 e. The molecule has 0 atom stereocenters. The molecule has 10 heteroatoms. The largest absolute Gasteiger partial charge is 0.417 e. The van der Waals surface area contributed by atoms with E-state index in [1.54, 1.807) is 6.07 Å². The maximum atomic E-state index is 13.4. The molecule has 0 aliphatic carbocycles. The predicted molar refractivity (Wildman–Crippen MR) is 130 cm³/mol. The second-order valence-electron chi connectivity index (χ2n) is 8.31. The molecular formula is C26H23F3N4O3. The van der Waals surface area contributed by atoms with E-state index in [0.29, 0.717) is 22.5 Å². The Morgan fingerprint density at radius 1 is 0.972 bits per heavy atom. The summed E-state index contributed by atoms with van der Waals surface area (Å²) >= 11 is 0. The number of aromatic nitrogens is 2. The minimum absolute atomic E-state index is 0.128. The number of alkyl halides is 3. The van der Waals surface area contributed by atoms with Crippen molar-refractivity contribution in [3.63, 3.8) is 0 Å². The van der Waals surface area contributed by atoms with Crippen molar-refractivity contribution in [1.82, 2.24) is 9.97 Å². The summed E-state index contributed by atoms with van der Waals surface area (Å²) in [6, 6.07) is 12.9. The second kappa shape index (κ2) is 9.82. The molecule has 0 aliphatic heterocycles. The molecule has 0 fully saturated rings. The Morgan fingerprint density at radius 2 is 1.69 bits per heavy atom. The summed E-state index contributed by atoms with van der Waals surface area (Å²) in [4.78, 5) is 33.5. The highest BCUT2D eigenvalue weighted by molar-refractivity contribution is 6.14. The molecular weight excluding hydrogens is 473 g/mol. The van der Waals surface area contributed by atoms with Gasteiger partial charge in [-0.1, -0.05) is 29.8 Å². The van der Waals surface area contributed by atoms with Gasteiger partial charge in [0.1, 0.15) is 17.9 Å². The molecule has 186 valence electrons. The van der Waals surface area contributed by atoms with Gasteiger partial charge in [0.2, 0.25) is 0 Å². The van der Waals surface area contributed by atoms with Crippen LogP contribution in [0.1, 0.15) is 43.2 Å². The van der Waals surface area contributed by atoms with E-state index in [4.69, 9.17) is 4.74 Å². The second-order valence-corrected chi connectivity index (χ2v) is 8.31. The lowest BCUT2D eigenvalue weighted by Crippen LogP contribution is -2.19. The van der Waals surface area contributed by atoms with E-state index in [1.807, 2.05) is 26.0 Å². The first kappa shape index (κ1) is 24.9. The van der Waals surface area contributed by atoms with E-state index in [0.717, 1.165) is 23.3 Å². The Bertz CT molecular complexity index is 1460. The Balaban J connectivity index is 1.73. The summed E-state index contributed by atoms with van der Waals surface area (Å²) in [6.07, 6.45) is -4.70. The van der Waals surface area contributed by atoms with Crippen molar-refractivity contribution >= 4 is 34.2 Å². The highest BCUT2D eigenvalue weighted by atomic mass is 19.4. The van der Waals surface area contributed by atoms with Crippen LogP contribution >= 0.6 is 0 Å². The number of benzene rings is 3. The zero-order valence-electron chi connectivity index (χ0n) is 19.7. The number of nitrogens with zero attached hydrogens (tertiary/aromatic N) is 1. The van der Waals surface area contributed by atoms with Gasteiger partial charge in [-0.2, -0.15) is 13.2 Å². The maximum absolute atomic E-state index is 13.4. The molecule has 3 N–H and O–H groups in total. The third kappa shape index (κ3) is 5.23. The highest BCUT2D eigenvalue weighted by Gasteiger charge is 2.35. The number of amides is 2. The average molecular weight is 496 g/mol. The number of hydrogen-bond donors (Lipinski definition) is 3. The number of rotatable bonds is 6. The first-order valence-corrected chi connectivity index (χ1v) is 10.9. The van der Waals surface area contributed by atoms with Crippen LogP contribution in [0.5, 0.6) is 0 Å². The van der Waals surface area contributed by atoms with Crippen LogP contribution in [0.4, 0.5) is 24.5 Å². The molecule has 0 unspecified atom stereocenters. The Kier molecular flexibility index (Phi) is 6.80. The number of aromatic amines is 1. The van der Waals surface area contributed by atoms with Crippen LogP contribution in [0.3, 0.4) is 0 Å². The van der Waals surface area contributed by atoms with Gasteiger partial charge in [-0.05, 0) is 49.7 Å². The van der Waals surface area contributed by atoms with Gasteiger partial charge in [0.25, 0.3) is 11.8 Å². The van der Waals surface area contributed by atoms with Crippen LogP contribution in [-0.4, -0.2) is 28.9 Å². The van der Waals surface area contributed by atoms with Crippen molar-refractivity contribution in [3.8, 4) is 0 Å². The summed E-state index contributed by atoms with van der Waals surface area (Å²) in [6.45, 7) is 3.94. The third-order valence-corrected chi connectivity index (χ3v) is 5.53. The lowest BCUT2D eigenvalue weighted by Gasteiger charge is -2.14. The van der Waals surface area contributed by atoms with Crippen molar-refractivity contribution in [1.29, 1.82) is 0 Å². The van der Waals surface area contributed by atoms with E-state index < -0.39 is 29.1 Å². The van der Waals surface area contributed by atoms with Crippen molar-refractivity contribution < 1.29 is 27.5 Å². The number of aryl methyl sites for hydroxylation is 2. The fourth-order valence-corrected chi connectivity index (χ4v) is 3.89. The van der Waals surface area contributed by atoms with Crippen LogP contribution in [0.15, 0.2) is 54.6 Å². The molecule has 1 heterocycles. The van der Waals surface area contributed by atoms with Crippen molar-refractivity contribution in [3.05, 3.63) is 88.2 Å². The minimum atomic E-state index is -4.70. The molecule has 36 heavy (non-hydrogen) atoms. The van der Waals surface area contributed by atoms with Gasteiger partial charge in [0, 0.05) is 18.5 Å². The number of fused-ring (bicyclic) bond motifs is 1. The predicted octanol–water partition coefficient (Wildman–Crippen LogP) is 5.85. The summed E-state index contributed by atoms with van der Waals surface area (Å²) in [5, 5.41) is 5.33. The number of imidazole rings is 1. The van der Waals surface area contributed by atoms with Crippen LogP contribution < -0.4 is 10.6 Å². The zero-order chi connectivity index (χ0) is 26.0. The Morgan fingerprint density at radius 3 is 2.39 bits per heavy atom. The number of ether oxygens (including phenoxy) is 1. The molecule has 0 saturated carbocycles. The van der Waals surface area contributed by atoms with Gasteiger partial charge in [0.05, 0.1) is 22.2 Å². The summed E-state index contributed by atoms with van der Waals surface area (Å²) in [5.74, 6) is -1.01. The number of carbonyl (C=O) groups is 2. The molecule has 0 spiro atoms. The molecule has 4 aromatic rings. The topological polar surface area (TPSA) is 96.1 Å². The van der Waals surface area contributed by atoms with Gasteiger partial charge in [-0.3, -0.25) is 9.59 Å². The summed E-state index contributed by atoms with van der Waals surface area (Å²) in [5.41, 5.74) is 1.90. The lowest BCUT2D eigenvalue weighted by molar-refractivity contribution is -0.137. The zero-order valence-corrected chi connectivity index (χ0v) is 19.7. The number of anilines is 2. The number of nitrogens with one attached hydrogen (secondary N) is 3. The molecule has 0 saturated heterocycles. The number of hydrogen-bond acceptors (Lipinski definition) is 4. The minimum Gasteiger partial charge on any atom is -0.377 e. The monoisotopic (exact) mass is 496 g/mol. The number of halogens is 3. The van der Waals surface area contributed by atoms with E-state index in [9.17, 15) is 22.8 Å². The van der Waals surface area contributed by atoms with Crippen molar-refractivity contribution in [2.75, 3.05) is 17.7 Å². The van der Waals surface area contributed by atoms with E-state index in [2.05, 4.69) is 20.6 Å². The first-order valence-electron chi connectivity index (χ1n) is 10.9. The lowest BCUT2D eigenvalue weighted by atomic mass is 10.1. The van der Waals surface area contributed by atoms with Gasteiger partial charge >= 0.3 is 6.18 Å². The molecule has 0 radical (unpaired) electrons. The van der Waals surface area contributed by atoms with Crippen molar-refractivity contribution in [2.45, 2.75) is 26.6 Å². The van der Waals surface area contributed by atoms with E-state index >= 15 is 0 Å². The smallest absolute Gasteiger partial charge is 0.377 e. The van der Waals surface area contributed by atoms with Gasteiger partial charge < -0.3 is 20.4 Å². The number of carbonyl (C=O) groups excluding carboxylic acids is 2. The Hall–Kier alpha value is -4.18. The molecule has 1 aromatic heterocycles. The molecule has 2 amide bonds.